The number of halogens is 1. The van der Waals surface area contributed by atoms with Gasteiger partial charge in [-0.25, -0.2) is 14.4 Å². The first-order valence-electron chi connectivity index (χ1n) is 7.80. The molecule has 126 valence electrons. The van der Waals surface area contributed by atoms with Crippen molar-refractivity contribution in [3.05, 3.63) is 71.8 Å². The first kappa shape index (κ1) is 15.3. The second-order valence-electron chi connectivity index (χ2n) is 5.53. The van der Waals surface area contributed by atoms with Crippen LogP contribution in [0.3, 0.4) is 0 Å². The average Bonchev–Trinajstić information content (AvgIpc) is 3.06. The minimum absolute atomic E-state index is 0.138. The fourth-order valence-electron chi connectivity index (χ4n) is 2.65. The highest BCUT2D eigenvalue weighted by atomic mass is 19.1. The minimum atomic E-state index is -0.450. The van der Waals surface area contributed by atoms with Gasteiger partial charge in [-0.2, -0.15) is 0 Å². The van der Waals surface area contributed by atoms with Gasteiger partial charge in [-0.1, -0.05) is 18.2 Å². The van der Waals surface area contributed by atoms with Gasteiger partial charge in [0.05, 0.1) is 11.9 Å². The lowest BCUT2D eigenvalue weighted by molar-refractivity contribution is 0.0947. The molecule has 0 saturated carbocycles. The number of oxazole rings is 1. The summed E-state index contributed by atoms with van der Waals surface area (Å²) in [6.07, 6.45) is 1.62. The largest absolute Gasteiger partial charge is 0.484 e. The van der Waals surface area contributed by atoms with Crippen molar-refractivity contribution in [2.45, 2.75) is 13.0 Å². The molecule has 0 bridgehead atoms. The van der Waals surface area contributed by atoms with Crippen LogP contribution in [0.4, 0.5) is 10.2 Å². The zero-order chi connectivity index (χ0) is 17.2. The van der Waals surface area contributed by atoms with Gasteiger partial charge in [0.15, 0.2) is 6.61 Å². The van der Waals surface area contributed by atoms with Crippen LogP contribution in [0.15, 0.2) is 53.1 Å². The van der Waals surface area contributed by atoms with Crippen LogP contribution in [0.5, 0.6) is 5.75 Å². The minimum Gasteiger partial charge on any atom is -0.484 e. The molecule has 7 heteroatoms. The van der Waals surface area contributed by atoms with Crippen LogP contribution in [0.25, 0.3) is 0 Å². The predicted octanol–water partition coefficient (Wildman–Crippen LogP) is 2.99. The Morgan fingerprint density at radius 3 is 2.80 bits per heavy atom. The van der Waals surface area contributed by atoms with E-state index in [0.717, 1.165) is 6.20 Å². The Hall–Kier alpha value is -3.22. The number of rotatable bonds is 4. The number of ether oxygens (including phenoxy) is 1. The molecule has 3 heterocycles. The van der Waals surface area contributed by atoms with E-state index in [4.69, 9.17) is 9.15 Å². The highest BCUT2D eigenvalue weighted by Crippen LogP contribution is 2.24. The molecule has 3 aromatic rings. The number of para-hydroxylation sites is 1. The SMILES string of the molecule is O=C1c2oc(COc3ccccc3)nc2CCN1c1ccc(F)cn1. The summed E-state index contributed by atoms with van der Waals surface area (Å²) in [4.78, 5) is 22.4. The number of hydrogen-bond acceptors (Lipinski definition) is 5. The smallest absolute Gasteiger partial charge is 0.297 e. The molecule has 0 N–H and O–H groups in total. The molecule has 1 amide bonds. The molecule has 0 aliphatic carbocycles. The molecule has 0 fully saturated rings. The topological polar surface area (TPSA) is 68.5 Å². The van der Waals surface area contributed by atoms with Crippen molar-refractivity contribution >= 4 is 11.7 Å². The van der Waals surface area contributed by atoms with Crippen molar-refractivity contribution in [1.82, 2.24) is 9.97 Å². The number of anilines is 1. The summed E-state index contributed by atoms with van der Waals surface area (Å²) in [5.74, 6) is 0.825. The third-order valence-corrected chi connectivity index (χ3v) is 3.85. The van der Waals surface area contributed by atoms with Crippen molar-refractivity contribution in [3.63, 3.8) is 0 Å². The molecule has 2 aromatic heterocycles. The van der Waals surface area contributed by atoms with Gasteiger partial charge in [-0.15, -0.1) is 0 Å². The fraction of sp³-hybridized carbons (Fsp3) is 0.167. The van der Waals surface area contributed by atoms with Crippen molar-refractivity contribution in [2.75, 3.05) is 11.4 Å². The van der Waals surface area contributed by atoms with Crippen LogP contribution in [0.1, 0.15) is 22.1 Å². The summed E-state index contributed by atoms with van der Waals surface area (Å²) >= 11 is 0. The quantitative estimate of drug-likeness (QED) is 0.731. The van der Waals surface area contributed by atoms with Crippen LogP contribution in [0, 0.1) is 5.82 Å². The number of aromatic nitrogens is 2. The van der Waals surface area contributed by atoms with Gasteiger partial charge in [0, 0.05) is 13.0 Å². The summed E-state index contributed by atoms with van der Waals surface area (Å²) in [7, 11) is 0. The van der Waals surface area contributed by atoms with E-state index in [0.29, 0.717) is 36.1 Å². The van der Waals surface area contributed by atoms with Crippen LogP contribution >= 0.6 is 0 Å². The molecule has 4 rings (SSSR count). The second kappa shape index (κ2) is 6.35. The highest BCUT2D eigenvalue weighted by molar-refractivity contribution is 6.05. The molecular formula is C18H14FN3O3. The Morgan fingerprint density at radius 2 is 2.04 bits per heavy atom. The molecule has 25 heavy (non-hydrogen) atoms. The van der Waals surface area contributed by atoms with Crippen LogP contribution in [0.2, 0.25) is 0 Å². The predicted molar refractivity (Wildman–Crippen MR) is 86.9 cm³/mol. The van der Waals surface area contributed by atoms with Crippen LogP contribution in [-0.2, 0) is 13.0 Å². The molecule has 6 nitrogen and oxygen atoms in total. The van der Waals surface area contributed by atoms with E-state index in [-0.39, 0.29) is 18.3 Å². The van der Waals surface area contributed by atoms with E-state index in [9.17, 15) is 9.18 Å². The lowest BCUT2D eigenvalue weighted by Gasteiger charge is -2.23. The number of carbonyl (C=O) groups is 1. The zero-order valence-electron chi connectivity index (χ0n) is 13.2. The van der Waals surface area contributed by atoms with Crippen LogP contribution < -0.4 is 9.64 Å². The van der Waals surface area contributed by atoms with Crippen molar-refractivity contribution in [1.29, 1.82) is 0 Å². The number of hydrogen-bond donors (Lipinski definition) is 0. The van der Waals surface area contributed by atoms with E-state index in [1.807, 2.05) is 30.3 Å². The van der Waals surface area contributed by atoms with E-state index in [1.54, 1.807) is 0 Å². The molecule has 1 aromatic carbocycles. The fourth-order valence-corrected chi connectivity index (χ4v) is 2.65. The molecule has 0 spiro atoms. The number of fused-ring (bicyclic) bond motifs is 1. The van der Waals surface area contributed by atoms with Crippen molar-refractivity contribution < 1.29 is 18.3 Å². The first-order valence-corrected chi connectivity index (χ1v) is 7.80. The summed E-state index contributed by atoms with van der Waals surface area (Å²) < 4.78 is 24.2. The van der Waals surface area contributed by atoms with Gasteiger partial charge in [0.1, 0.15) is 17.4 Å². The Labute approximate surface area is 142 Å². The van der Waals surface area contributed by atoms with E-state index in [2.05, 4.69) is 9.97 Å². The third kappa shape index (κ3) is 3.08. The maximum atomic E-state index is 13.0. The molecule has 1 aliphatic heterocycles. The first-order chi connectivity index (χ1) is 12.2. The molecule has 0 unspecified atom stereocenters. The summed E-state index contributed by atoms with van der Waals surface area (Å²) in [6.45, 7) is 0.551. The zero-order valence-corrected chi connectivity index (χ0v) is 13.2. The molecule has 0 atom stereocenters. The standard InChI is InChI=1S/C18H14FN3O3/c19-12-6-7-15(20-10-12)22-9-8-14-17(18(22)23)25-16(21-14)11-24-13-4-2-1-3-5-13/h1-7,10H,8-9,11H2. The summed E-state index contributed by atoms with van der Waals surface area (Å²) in [6, 6.07) is 12.0. The van der Waals surface area contributed by atoms with Gasteiger partial charge in [-0.3, -0.25) is 9.69 Å². The summed E-state index contributed by atoms with van der Waals surface area (Å²) in [5.41, 5.74) is 0.607. The third-order valence-electron chi connectivity index (χ3n) is 3.85. The van der Waals surface area contributed by atoms with E-state index in [1.165, 1.54) is 17.0 Å². The molecule has 0 radical (unpaired) electrons. The number of carbonyl (C=O) groups excluding carboxylic acids is 1. The second-order valence-corrected chi connectivity index (χ2v) is 5.53. The lowest BCUT2D eigenvalue weighted by atomic mass is 10.1. The Balaban J connectivity index is 1.51. The maximum Gasteiger partial charge on any atom is 0.297 e. The molecular weight excluding hydrogens is 325 g/mol. The Bertz CT molecular complexity index is 894. The van der Waals surface area contributed by atoms with Gasteiger partial charge < -0.3 is 9.15 Å². The monoisotopic (exact) mass is 339 g/mol. The Morgan fingerprint density at radius 1 is 1.20 bits per heavy atom. The number of amides is 1. The van der Waals surface area contributed by atoms with Crippen LogP contribution in [-0.4, -0.2) is 22.4 Å². The van der Waals surface area contributed by atoms with Gasteiger partial charge in [0.25, 0.3) is 5.91 Å². The van der Waals surface area contributed by atoms with E-state index >= 15 is 0 Å². The molecule has 1 aliphatic rings. The maximum absolute atomic E-state index is 13.0. The van der Waals surface area contributed by atoms with Gasteiger partial charge in [-0.05, 0) is 24.3 Å². The average molecular weight is 339 g/mol. The van der Waals surface area contributed by atoms with Gasteiger partial charge >= 0.3 is 0 Å². The number of benzene rings is 1. The van der Waals surface area contributed by atoms with Gasteiger partial charge in [0.2, 0.25) is 11.7 Å². The lowest BCUT2D eigenvalue weighted by Crippen LogP contribution is -2.37. The normalized spacial score (nSPS) is 13.6. The Kier molecular flexibility index (Phi) is 3.89. The van der Waals surface area contributed by atoms with E-state index < -0.39 is 5.82 Å². The van der Waals surface area contributed by atoms with Crippen molar-refractivity contribution in [3.8, 4) is 5.75 Å². The highest BCUT2D eigenvalue weighted by Gasteiger charge is 2.31. The molecule has 0 saturated heterocycles. The van der Waals surface area contributed by atoms with Crippen molar-refractivity contribution in [2.24, 2.45) is 0 Å². The summed E-state index contributed by atoms with van der Waals surface area (Å²) in [5, 5.41) is 0. The number of nitrogens with zero attached hydrogens (tertiary/aromatic N) is 3. The number of pyridine rings is 1.